The Hall–Kier alpha value is -2.74. The van der Waals surface area contributed by atoms with E-state index in [9.17, 15) is 17.6 Å². The molecule has 8 heteroatoms. The van der Waals surface area contributed by atoms with Crippen molar-refractivity contribution in [3.8, 4) is 0 Å². The van der Waals surface area contributed by atoms with Crippen LogP contribution < -0.4 is 5.32 Å². The lowest BCUT2D eigenvalue weighted by Crippen LogP contribution is -2.18. The van der Waals surface area contributed by atoms with Crippen LogP contribution in [0.4, 0.5) is 10.1 Å². The molecule has 0 bridgehead atoms. The third kappa shape index (κ3) is 4.88. The predicted molar refractivity (Wildman–Crippen MR) is 88.1 cm³/mol. The van der Waals surface area contributed by atoms with E-state index in [1.807, 2.05) is 0 Å². The zero-order valence-electron chi connectivity index (χ0n) is 12.8. The molecule has 0 aliphatic rings. The minimum absolute atomic E-state index is 0.00760. The molecule has 0 heterocycles. The maximum Gasteiger partial charge on any atom is 0.265 e. The number of benzene rings is 2. The molecule has 0 saturated carbocycles. The summed E-state index contributed by atoms with van der Waals surface area (Å²) in [6.07, 6.45) is 2.19. The second-order valence-electron chi connectivity index (χ2n) is 4.85. The molecule has 0 aliphatic carbocycles. The molecule has 0 spiro atoms. The Bertz CT molecular complexity index is 866. The standard InChI is InChI=1S/C16H15FN2O4S/c1-24(21,22)15-9-5-4-8-14(15)19-16(20)11-23-18-10-12-6-2-3-7-13(12)17/h2-10H,11H2,1H3,(H,19,20)/b18-10-. The minimum atomic E-state index is -3.47. The molecule has 6 nitrogen and oxygen atoms in total. The quantitative estimate of drug-likeness (QED) is 0.639. The third-order valence-electron chi connectivity index (χ3n) is 2.93. The van der Waals surface area contributed by atoms with Crippen LogP contribution in [0.15, 0.2) is 58.6 Å². The van der Waals surface area contributed by atoms with E-state index in [1.54, 1.807) is 24.3 Å². The van der Waals surface area contributed by atoms with Crippen LogP contribution in [-0.4, -0.2) is 33.4 Å². The van der Waals surface area contributed by atoms with Crippen molar-refractivity contribution in [2.75, 3.05) is 18.2 Å². The number of hydrogen-bond acceptors (Lipinski definition) is 5. The van der Waals surface area contributed by atoms with Crippen LogP contribution in [0.1, 0.15) is 5.56 Å². The molecule has 0 saturated heterocycles. The van der Waals surface area contributed by atoms with E-state index in [0.717, 1.165) is 12.5 Å². The van der Waals surface area contributed by atoms with Gasteiger partial charge in [-0.3, -0.25) is 4.79 Å². The molecular weight excluding hydrogens is 335 g/mol. The first-order valence-corrected chi connectivity index (χ1v) is 8.76. The highest BCUT2D eigenvalue weighted by molar-refractivity contribution is 7.90. The van der Waals surface area contributed by atoms with Gasteiger partial charge < -0.3 is 10.2 Å². The summed E-state index contributed by atoms with van der Waals surface area (Å²) in [5, 5.41) is 5.95. The molecule has 2 rings (SSSR count). The van der Waals surface area contributed by atoms with Crippen LogP contribution in [-0.2, 0) is 19.5 Å². The molecular formula is C16H15FN2O4S. The number of para-hydroxylation sites is 1. The molecule has 126 valence electrons. The first-order chi connectivity index (χ1) is 11.4. The number of halogens is 1. The number of sulfone groups is 1. The summed E-state index contributed by atoms with van der Waals surface area (Å²) in [7, 11) is -3.47. The van der Waals surface area contributed by atoms with Crippen LogP contribution >= 0.6 is 0 Å². The van der Waals surface area contributed by atoms with Crippen molar-refractivity contribution in [3.63, 3.8) is 0 Å². The fourth-order valence-electron chi connectivity index (χ4n) is 1.85. The SMILES string of the molecule is CS(=O)(=O)c1ccccc1NC(=O)CO/N=C\c1ccccc1F. The van der Waals surface area contributed by atoms with Crippen LogP contribution in [0.2, 0.25) is 0 Å². The van der Waals surface area contributed by atoms with Crippen molar-refractivity contribution >= 4 is 27.6 Å². The summed E-state index contributed by atoms with van der Waals surface area (Å²) >= 11 is 0. The topological polar surface area (TPSA) is 84.8 Å². The molecule has 1 N–H and O–H groups in total. The average Bonchev–Trinajstić information content (AvgIpc) is 2.52. The first-order valence-electron chi connectivity index (χ1n) is 6.87. The Morgan fingerprint density at radius 2 is 1.88 bits per heavy atom. The number of carbonyl (C=O) groups is 1. The largest absolute Gasteiger partial charge is 0.386 e. The third-order valence-corrected chi connectivity index (χ3v) is 4.08. The second kappa shape index (κ2) is 7.69. The van der Waals surface area contributed by atoms with Gasteiger partial charge in [-0.2, -0.15) is 0 Å². The predicted octanol–water partition coefficient (Wildman–Crippen LogP) is 2.22. The highest BCUT2D eigenvalue weighted by Crippen LogP contribution is 2.20. The lowest BCUT2D eigenvalue weighted by atomic mass is 10.2. The monoisotopic (exact) mass is 350 g/mol. The number of amides is 1. The van der Waals surface area contributed by atoms with Gasteiger partial charge in [-0.15, -0.1) is 0 Å². The Kier molecular flexibility index (Phi) is 5.64. The van der Waals surface area contributed by atoms with Crippen molar-refractivity contribution in [1.29, 1.82) is 0 Å². The van der Waals surface area contributed by atoms with Gasteiger partial charge in [0.05, 0.1) is 16.8 Å². The summed E-state index contributed by atoms with van der Waals surface area (Å²) in [6, 6.07) is 12.0. The van der Waals surface area contributed by atoms with Crippen LogP contribution in [0.3, 0.4) is 0 Å². The molecule has 1 amide bonds. The van der Waals surface area contributed by atoms with Gasteiger partial charge in [0.1, 0.15) is 5.82 Å². The molecule has 0 atom stereocenters. The smallest absolute Gasteiger partial charge is 0.265 e. The molecule has 0 radical (unpaired) electrons. The minimum Gasteiger partial charge on any atom is -0.386 e. The lowest BCUT2D eigenvalue weighted by molar-refractivity contribution is -0.120. The number of carbonyl (C=O) groups excluding carboxylic acids is 1. The van der Waals surface area contributed by atoms with Crippen LogP contribution in [0.5, 0.6) is 0 Å². The van der Waals surface area contributed by atoms with Gasteiger partial charge in [0, 0.05) is 11.8 Å². The van der Waals surface area contributed by atoms with Gasteiger partial charge in [0.25, 0.3) is 5.91 Å². The Labute approximate surface area is 138 Å². The summed E-state index contributed by atoms with van der Waals surface area (Å²) in [4.78, 5) is 16.6. The van der Waals surface area contributed by atoms with Crippen LogP contribution in [0.25, 0.3) is 0 Å². The number of hydrogen-bond donors (Lipinski definition) is 1. The zero-order valence-corrected chi connectivity index (χ0v) is 13.6. The van der Waals surface area contributed by atoms with E-state index >= 15 is 0 Å². The number of nitrogens with one attached hydrogen (secondary N) is 1. The van der Waals surface area contributed by atoms with Gasteiger partial charge in [-0.1, -0.05) is 35.5 Å². The van der Waals surface area contributed by atoms with Crippen molar-refractivity contribution in [3.05, 3.63) is 59.9 Å². The number of anilines is 1. The van der Waals surface area contributed by atoms with E-state index in [2.05, 4.69) is 10.5 Å². The van der Waals surface area contributed by atoms with E-state index in [1.165, 1.54) is 24.3 Å². The first kappa shape index (κ1) is 17.6. The van der Waals surface area contributed by atoms with E-state index in [-0.39, 0.29) is 16.1 Å². The maximum absolute atomic E-state index is 13.3. The van der Waals surface area contributed by atoms with Gasteiger partial charge in [0.2, 0.25) is 0 Å². The molecule has 2 aromatic carbocycles. The number of nitrogens with zero attached hydrogens (tertiary/aromatic N) is 1. The zero-order chi connectivity index (χ0) is 17.6. The Morgan fingerprint density at radius 1 is 1.21 bits per heavy atom. The van der Waals surface area contributed by atoms with E-state index in [0.29, 0.717) is 0 Å². The molecule has 24 heavy (non-hydrogen) atoms. The lowest BCUT2D eigenvalue weighted by Gasteiger charge is -2.08. The van der Waals surface area contributed by atoms with Crippen molar-refractivity contribution in [1.82, 2.24) is 0 Å². The summed E-state index contributed by atoms with van der Waals surface area (Å²) in [5.74, 6) is -1.05. The Morgan fingerprint density at radius 3 is 2.58 bits per heavy atom. The van der Waals surface area contributed by atoms with E-state index < -0.39 is 28.2 Å². The molecule has 0 unspecified atom stereocenters. The van der Waals surface area contributed by atoms with Crippen molar-refractivity contribution in [2.24, 2.45) is 5.16 Å². The summed E-state index contributed by atoms with van der Waals surface area (Å²) < 4.78 is 36.6. The second-order valence-corrected chi connectivity index (χ2v) is 6.83. The summed E-state index contributed by atoms with van der Waals surface area (Å²) in [6.45, 7) is -0.441. The fourth-order valence-corrected chi connectivity index (χ4v) is 2.69. The maximum atomic E-state index is 13.3. The number of oxime groups is 1. The van der Waals surface area contributed by atoms with Gasteiger partial charge in [-0.05, 0) is 18.2 Å². The van der Waals surface area contributed by atoms with E-state index in [4.69, 9.17) is 4.84 Å². The molecule has 0 fully saturated rings. The highest BCUT2D eigenvalue weighted by Gasteiger charge is 2.14. The van der Waals surface area contributed by atoms with Gasteiger partial charge in [-0.25, -0.2) is 12.8 Å². The average molecular weight is 350 g/mol. The number of rotatable bonds is 6. The molecule has 0 aromatic heterocycles. The summed E-state index contributed by atoms with van der Waals surface area (Å²) in [5.41, 5.74) is 0.381. The van der Waals surface area contributed by atoms with Crippen LogP contribution in [0, 0.1) is 5.82 Å². The normalized spacial score (nSPS) is 11.4. The van der Waals surface area contributed by atoms with Gasteiger partial charge >= 0.3 is 0 Å². The molecule has 2 aromatic rings. The van der Waals surface area contributed by atoms with Crippen molar-refractivity contribution in [2.45, 2.75) is 4.90 Å². The van der Waals surface area contributed by atoms with Gasteiger partial charge in [0.15, 0.2) is 16.4 Å². The highest BCUT2D eigenvalue weighted by atomic mass is 32.2. The molecule has 0 aliphatic heterocycles. The fraction of sp³-hybridized carbons (Fsp3) is 0.125. The van der Waals surface area contributed by atoms with Crippen molar-refractivity contribution < 1.29 is 22.4 Å². The Balaban J connectivity index is 1.94.